The molecule has 0 bridgehead atoms. The van der Waals surface area contributed by atoms with E-state index in [1.54, 1.807) is 29.2 Å². The van der Waals surface area contributed by atoms with E-state index in [4.69, 9.17) is 4.74 Å². The van der Waals surface area contributed by atoms with Gasteiger partial charge in [-0.05, 0) is 37.1 Å². The molecule has 2 aliphatic rings. The van der Waals surface area contributed by atoms with Gasteiger partial charge in [0.15, 0.2) is 6.61 Å². The van der Waals surface area contributed by atoms with Gasteiger partial charge in [0.2, 0.25) is 11.8 Å². The molecule has 2 aromatic rings. The number of carbonyl (C=O) groups is 4. The van der Waals surface area contributed by atoms with E-state index in [9.17, 15) is 19.2 Å². The normalized spacial score (nSPS) is 16.6. The average Bonchev–Trinajstić information content (AvgIpc) is 2.88. The monoisotopic (exact) mass is 462 g/mol. The summed E-state index contributed by atoms with van der Waals surface area (Å²) in [5.74, 6) is -1.47. The van der Waals surface area contributed by atoms with Crippen molar-refractivity contribution in [2.24, 2.45) is 11.0 Å². The summed E-state index contributed by atoms with van der Waals surface area (Å²) in [7, 11) is 0. The lowest BCUT2D eigenvalue weighted by Crippen LogP contribution is -2.43. The number of rotatable bonds is 6. The maximum Gasteiger partial charge on any atom is 0.355 e. The van der Waals surface area contributed by atoms with Crippen LogP contribution in [0.15, 0.2) is 65.8 Å². The van der Waals surface area contributed by atoms with E-state index >= 15 is 0 Å². The standard InChI is InChI=1S/C25H26N4O5/c30-22-12-11-21(27-29(22)20-9-5-2-6-10-20)25(33)34-17-23(31)28-15-13-18(14-16-28)24(32)26-19-7-3-1-4-8-19/h1-10,18H,11-17H2,(H,26,32). The van der Waals surface area contributed by atoms with Crippen LogP contribution in [0.2, 0.25) is 0 Å². The second-order valence-electron chi connectivity index (χ2n) is 8.17. The number of anilines is 2. The molecule has 9 heteroatoms. The number of esters is 1. The second kappa shape index (κ2) is 10.7. The van der Waals surface area contributed by atoms with Crippen LogP contribution in [0.25, 0.3) is 0 Å². The summed E-state index contributed by atoms with van der Waals surface area (Å²) in [6, 6.07) is 18.1. The Balaban J connectivity index is 1.25. The molecule has 2 aromatic carbocycles. The predicted molar refractivity (Wildman–Crippen MR) is 126 cm³/mol. The molecule has 0 saturated carbocycles. The Hall–Kier alpha value is -4.01. The Morgan fingerprint density at radius 3 is 2.26 bits per heavy atom. The van der Waals surface area contributed by atoms with Crippen LogP contribution in [0.5, 0.6) is 0 Å². The average molecular weight is 463 g/mol. The van der Waals surface area contributed by atoms with Crippen molar-refractivity contribution >= 4 is 40.8 Å². The molecule has 2 aliphatic heterocycles. The largest absolute Gasteiger partial charge is 0.451 e. The summed E-state index contributed by atoms with van der Waals surface area (Å²) in [4.78, 5) is 51.3. The first-order chi connectivity index (χ1) is 16.5. The van der Waals surface area contributed by atoms with E-state index in [1.807, 2.05) is 36.4 Å². The highest BCUT2D eigenvalue weighted by molar-refractivity contribution is 6.38. The van der Waals surface area contributed by atoms with Crippen LogP contribution in [0, 0.1) is 5.92 Å². The van der Waals surface area contributed by atoms with Crippen LogP contribution in [0.1, 0.15) is 25.7 Å². The number of hydrogen-bond donors (Lipinski definition) is 1. The first kappa shape index (κ1) is 23.2. The molecule has 1 fully saturated rings. The summed E-state index contributed by atoms with van der Waals surface area (Å²) >= 11 is 0. The summed E-state index contributed by atoms with van der Waals surface area (Å²) < 4.78 is 5.19. The molecule has 0 spiro atoms. The smallest absolute Gasteiger partial charge is 0.355 e. The summed E-state index contributed by atoms with van der Waals surface area (Å²) in [6.45, 7) is 0.430. The molecular weight excluding hydrogens is 436 g/mol. The molecule has 0 atom stereocenters. The Morgan fingerprint density at radius 1 is 0.941 bits per heavy atom. The summed E-state index contributed by atoms with van der Waals surface area (Å²) in [5.41, 5.74) is 1.41. The van der Waals surface area contributed by atoms with Crippen molar-refractivity contribution in [2.45, 2.75) is 25.7 Å². The topological polar surface area (TPSA) is 108 Å². The number of hydrazone groups is 1. The highest BCUT2D eigenvalue weighted by Crippen LogP contribution is 2.21. The lowest BCUT2D eigenvalue weighted by Gasteiger charge is -2.31. The van der Waals surface area contributed by atoms with Gasteiger partial charge >= 0.3 is 5.97 Å². The van der Waals surface area contributed by atoms with Crippen LogP contribution in [0.4, 0.5) is 11.4 Å². The van der Waals surface area contributed by atoms with E-state index in [0.29, 0.717) is 31.6 Å². The maximum absolute atomic E-state index is 12.5. The number of nitrogens with one attached hydrogen (secondary N) is 1. The Labute approximate surface area is 197 Å². The van der Waals surface area contributed by atoms with E-state index in [1.165, 1.54) is 5.01 Å². The SMILES string of the molecule is O=C(OCC(=O)N1CCC(C(=O)Nc2ccccc2)CC1)C1=NN(c2ccccc2)C(=O)CC1. The zero-order valence-electron chi connectivity index (χ0n) is 18.7. The maximum atomic E-state index is 12.5. The molecule has 1 saturated heterocycles. The van der Waals surface area contributed by atoms with Crippen molar-refractivity contribution in [2.75, 3.05) is 30.0 Å². The Bertz CT molecular complexity index is 1080. The Kier molecular flexibility index (Phi) is 7.31. The van der Waals surface area contributed by atoms with Crippen LogP contribution in [0.3, 0.4) is 0 Å². The van der Waals surface area contributed by atoms with Crippen LogP contribution < -0.4 is 10.3 Å². The van der Waals surface area contributed by atoms with Crippen molar-refractivity contribution in [3.8, 4) is 0 Å². The van der Waals surface area contributed by atoms with Gasteiger partial charge in [0, 0.05) is 37.5 Å². The van der Waals surface area contributed by atoms with Gasteiger partial charge in [-0.25, -0.2) is 9.80 Å². The van der Waals surface area contributed by atoms with Crippen LogP contribution >= 0.6 is 0 Å². The zero-order chi connectivity index (χ0) is 23.9. The fraction of sp³-hybridized carbons (Fsp3) is 0.320. The van der Waals surface area contributed by atoms with Gasteiger partial charge in [-0.2, -0.15) is 5.10 Å². The van der Waals surface area contributed by atoms with E-state index < -0.39 is 12.6 Å². The van der Waals surface area contributed by atoms with Gasteiger partial charge in [0.1, 0.15) is 5.71 Å². The zero-order valence-corrected chi connectivity index (χ0v) is 18.7. The van der Waals surface area contributed by atoms with Gasteiger partial charge in [-0.15, -0.1) is 0 Å². The number of piperidine rings is 1. The molecule has 4 rings (SSSR count). The van der Waals surface area contributed by atoms with Gasteiger partial charge in [0.05, 0.1) is 5.69 Å². The van der Waals surface area contributed by atoms with Gasteiger partial charge in [-0.3, -0.25) is 14.4 Å². The van der Waals surface area contributed by atoms with E-state index in [-0.39, 0.29) is 42.2 Å². The third kappa shape index (κ3) is 5.67. The third-order valence-electron chi connectivity index (χ3n) is 5.86. The van der Waals surface area contributed by atoms with Crippen LogP contribution in [-0.4, -0.2) is 54.0 Å². The van der Waals surface area contributed by atoms with Crippen LogP contribution in [-0.2, 0) is 23.9 Å². The molecule has 0 radical (unpaired) electrons. The van der Waals surface area contributed by atoms with Crippen molar-refractivity contribution in [3.05, 3.63) is 60.7 Å². The number of benzene rings is 2. The molecule has 0 unspecified atom stereocenters. The van der Waals surface area contributed by atoms with Gasteiger partial charge in [-0.1, -0.05) is 36.4 Å². The molecule has 9 nitrogen and oxygen atoms in total. The molecule has 1 N–H and O–H groups in total. The second-order valence-corrected chi connectivity index (χ2v) is 8.17. The first-order valence-corrected chi connectivity index (χ1v) is 11.3. The minimum atomic E-state index is -0.709. The fourth-order valence-electron chi connectivity index (χ4n) is 3.93. The number of nitrogens with zero attached hydrogens (tertiary/aromatic N) is 3. The quantitative estimate of drug-likeness (QED) is 0.664. The molecule has 3 amide bonds. The molecule has 34 heavy (non-hydrogen) atoms. The van der Waals surface area contributed by atoms with E-state index in [0.717, 1.165) is 5.69 Å². The van der Waals surface area contributed by atoms with Crippen molar-refractivity contribution in [3.63, 3.8) is 0 Å². The number of para-hydroxylation sites is 2. The number of likely N-dealkylation sites (tertiary alicyclic amines) is 1. The number of ether oxygens (including phenoxy) is 1. The van der Waals surface area contributed by atoms with Crippen molar-refractivity contribution in [1.29, 1.82) is 0 Å². The third-order valence-corrected chi connectivity index (χ3v) is 5.86. The molecule has 2 heterocycles. The minimum Gasteiger partial charge on any atom is -0.451 e. The number of carbonyl (C=O) groups excluding carboxylic acids is 4. The number of amides is 3. The van der Waals surface area contributed by atoms with E-state index in [2.05, 4.69) is 10.4 Å². The first-order valence-electron chi connectivity index (χ1n) is 11.3. The summed E-state index contributed by atoms with van der Waals surface area (Å²) in [6.07, 6.45) is 1.38. The van der Waals surface area contributed by atoms with Crippen molar-refractivity contribution < 1.29 is 23.9 Å². The predicted octanol–water partition coefficient (Wildman–Crippen LogP) is 2.59. The summed E-state index contributed by atoms with van der Waals surface area (Å²) in [5, 5.41) is 8.23. The minimum absolute atomic E-state index is 0.0578. The number of hydrogen-bond acceptors (Lipinski definition) is 6. The fourth-order valence-corrected chi connectivity index (χ4v) is 3.93. The van der Waals surface area contributed by atoms with Gasteiger partial charge < -0.3 is 15.0 Å². The lowest BCUT2D eigenvalue weighted by atomic mass is 9.95. The van der Waals surface area contributed by atoms with Gasteiger partial charge in [0.25, 0.3) is 5.91 Å². The Morgan fingerprint density at radius 2 is 1.59 bits per heavy atom. The highest BCUT2D eigenvalue weighted by Gasteiger charge is 2.30. The highest BCUT2D eigenvalue weighted by atomic mass is 16.5. The molecular formula is C25H26N4O5. The molecule has 0 aromatic heterocycles. The van der Waals surface area contributed by atoms with Crippen molar-refractivity contribution in [1.82, 2.24) is 4.90 Å². The lowest BCUT2D eigenvalue weighted by molar-refractivity contribution is -0.148. The molecule has 0 aliphatic carbocycles. The molecule has 176 valence electrons.